The van der Waals surface area contributed by atoms with Crippen molar-refractivity contribution < 1.29 is 27.9 Å². The van der Waals surface area contributed by atoms with Gasteiger partial charge < -0.3 is 14.6 Å². The first kappa shape index (κ1) is 23.8. The van der Waals surface area contributed by atoms with Crippen LogP contribution < -0.4 is 0 Å². The maximum absolute atomic E-state index is 13.8. The van der Waals surface area contributed by atoms with E-state index in [1.807, 2.05) is 30.5 Å². The van der Waals surface area contributed by atoms with E-state index < -0.39 is 28.8 Å². The van der Waals surface area contributed by atoms with Gasteiger partial charge in [0.05, 0.1) is 13.0 Å². The molecule has 0 bridgehead atoms. The van der Waals surface area contributed by atoms with Gasteiger partial charge in [0.25, 0.3) is 0 Å². The fraction of sp³-hybridized carbons (Fsp3) is 0.400. The lowest BCUT2D eigenvalue weighted by Crippen LogP contribution is -2.37. The van der Waals surface area contributed by atoms with Crippen LogP contribution in [0.2, 0.25) is 0 Å². The number of hydrogen-bond acceptors (Lipinski definition) is 3. The highest BCUT2D eigenvalue weighted by Crippen LogP contribution is 2.32. The van der Waals surface area contributed by atoms with E-state index in [0.29, 0.717) is 31.6 Å². The molecule has 1 aromatic carbocycles. The number of benzene rings is 1. The van der Waals surface area contributed by atoms with Gasteiger partial charge >= 0.3 is 5.97 Å². The topological polar surface area (TPSA) is 75.4 Å². The molecule has 4 rings (SSSR count). The lowest BCUT2D eigenvalue weighted by atomic mass is 9.84. The largest absolute Gasteiger partial charge is 0.481 e. The van der Waals surface area contributed by atoms with Crippen molar-refractivity contribution in [1.29, 1.82) is 0 Å². The number of carboxylic acid groups (broad SMARTS) is 1. The van der Waals surface area contributed by atoms with Gasteiger partial charge in [0, 0.05) is 36.8 Å². The first-order valence-electron chi connectivity index (χ1n) is 11.1. The molecule has 0 radical (unpaired) electrons. The van der Waals surface area contributed by atoms with Crippen LogP contribution in [0.3, 0.4) is 0 Å². The third-order valence-corrected chi connectivity index (χ3v) is 6.40. The molecule has 0 aliphatic carbocycles. The summed E-state index contributed by atoms with van der Waals surface area (Å²) in [5, 5.41) is 9.98. The summed E-state index contributed by atoms with van der Waals surface area (Å²) < 4.78 is 42.9. The quantitative estimate of drug-likeness (QED) is 0.506. The molecule has 6 nitrogen and oxygen atoms in total. The number of pyridine rings is 1. The minimum atomic E-state index is -1.51. The van der Waals surface area contributed by atoms with Crippen molar-refractivity contribution in [2.45, 2.75) is 52.6 Å². The molecule has 0 saturated heterocycles. The molecule has 1 N–H and O–H groups in total. The Kier molecular flexibility index (Phi) is 6.38. The summed E-state index contributed by atoms with van der Waals surface area (Å²) in [5.74, 6) is -4.99. The Balaban J connectivity index is 1.61. The number of carbonyl (C=O) groups is 2. The number of rotatable bonds is 7. The van der Waals surface area contributed by atoms with Gasteiger partial charge in [-0.15, -0.1) is 0 Å². The van der Waals surface area contributed by atoms with Crippen LogP contribution in [0.1, 0.15) is 49.9 Å². The highest BCUT2D eigenvalue weighted by molar-refractivity contribution is 5.84. The number of nitrogens with zero attached hydrogens (tertiary/aromatic N) is 3. The second-order valence-electron chi connectivity index (χ2n) is 9.56. The summed E-state index contributed by atoms with van der Waals surface area (Å²) in [4.78, 5) is 30.2. The number of aromatic nitrogens is 2. The predicted octanol–water partition coefficient (Wildman–Crippen LogP) is 4.67. The van der Waals surface area contributed by atoms with E-state index in [-0.39, 0.29) is 30.9 Å². The van der Waals surface area contributed by atoms with Gasteiger partial charge in [0.1, 0.15) is 5.65 Å². The molecule has 0 fully saturated rings. The average Bonchev–Trinajstić information content (AvgIpc) is 3.08. The number of amides is 1. The van der Waals surface area contributed by atoms with Gasteiger partial charge in [-0.2, -0.15) is 0 Å². The first-order valence-corrected chi connectivity index (χ1v) is 11.1. The summed E-state index contributed by atoms with van der Waals surface area (Å²) in [5.41, 5.74) is 2.23. The molecule has 9 heteroatoms. The van der Waals surface area contributed by atoms with Crippen molar-refractivity contribution in [2.75, 3.05) is 6.54 Å². The Labute approximate surface area is 195 Å². The van der Waals surface area contributed by atoms with Crippen molar-refractivity contribution in [1.82, 2.24) is 14.5 Å². The van der Waals surface area contributed by atoms with Crippen LogP contribution in [-0.4, -0.2) is 38.0 Å². The summed E-state index contributed by atoms with van der Waals surface area (Å²) in [7, 11) is 0. The molecule has 3 aromatic rings. The maximum atomic E-state index is 13.8. The van der Waals surface area contributed by atoms with Crippen LogP contribution in [-0.2, 0) is 29.1 Å². The van der Waals surface area contributed by atoms with Gasteiger partial charge in [-0.3, -0.25) is 9.59 Å². The van der Waals surface area contributed by atoms with E-state index in [1.165, 1.54) is 0 Å². The number of aliphatic carboxylic acids is 1. The van der Waals surface area contributed by atoms with E-state index in [2.05, 4.69) is 4.98 Å². The minimum absolute atomic E-state index is 0.0187. The average molecular weight is 473 g/mol. The molecule has 1 aliphatic rings. The second kappa shape index (κ2) is 9.12. The van der Waals surface area contributed by atoms with Crippen LogP contribution >= 0.6 is 0 Å². The van der Waals surface area contributed by atoms with Crippen molar-refractivity contribution in [3.63, 3.8) is 0 Å². The zero-order valence-corrected chi connectivity index (χ0v) is 19.1. The summed E-state index contributed by atoms with van der Waals surface area (Å²) in [6.07, 6.45) is 2.88. The zero-order chi connectivity index (χ0) is 24.6. The molecule has 0 unspecified atom stereocenters. The number of hydrogen-bond donors (Lipinski definition) is 1. The molecule has 1 amide bonds. The zero-order valence-electron chi connectivity index (χ0n) is 19.1. The van der Waals surface area contributed by atoms with Gasteiger partial charge in [-0.1, -0.05) is 13.8 Å². The molecule has 0 saturated carbocycles. The van der Waals surface area contributed by atoms with Gasteiger partial charge in [0.2, 0.25) is 5.91 Å². The summed E-state index contributed by atoms with van der Waals surface area (Å²) >= 11 is 0. The fourth-order valence-corrected chi connectivity index (χ4v) is 4.63. The smallest absolute Gasteiger partial charge is 0.303 e. The Morgan fingerprint density at radius 3 is 2.56 bits per heavy atom. The first-order chi connectivity index (χ1) is 16.1. The highest BCUT2D eigenvalue weighted by Gasteiger charge is 2.29. The van der Waals surface area contributed by atoms with E-state index in [4.69, 9.17) is 5.11 Å². The molecule has 2 aromatic heterocycles. The molecule has 180 valence electrons. The minimum Gasteiger partial charge on any atom is -0.481 e. The van der Waals surface area contributed by atoms with E-state index in [0.717, 1.165) is 28.8 Å². The predicted molar refractivity (Wildman–Crippen MR) is 120 cm³/mol. The Hall–Kier alpha value is -3.36. The maximum Gasteiger partial charge on any atom is 0.303 e. The van der Waals surface area contributed by atoms with E-state index >= 15 is 0 Å². The molecule has 0 spiro atoms. The number of fused-ring (bicyclic) bond motifs is 3. The van der Waals surface area contributed by atoms with Crippen LogP contribution in [0.4, 0.5) is 13.2 Å². The summed E-state index contributed by atoms with van der Waals surface area (Å²) in [6, 6.07) is 5.67. The molecule has 0 atom stereocenters. The third-order valence-electron chi connectivity index (χ3n) is 6.40. The lowest BCUT2D eigenvalue weighted by Gasteiger charge is -2.30. The van der Waals surface area contributed by atoms with Gasteiger partial charge in [0.15, 0.2) is 17.5 Å². The Morgan fingerprint density at radius 1 is 1.18 bits per heavy atom. The molecule has 34 heavy (non-hydrogen) atoms. The third kappa shape index (κ3) is 4.78. The summed E-state index contributed by atoms with van der Waals surface area (Å²) in [6.45, 7) is 4.54. The van der Waals surface area contributed by atoms with Gasteiger partial charge in [-0.05, 0) is 53.6 Å². The standard InChI is InChI=1S/C25H26F3N3O3/c1-25(2,12-22(33)34)7-5-21(32)30-9-6-16-17-4-3-8-29-24(17)31(20(16)14-30)13-15-10-18(26)23(28)19(27)11-15/h3-4,8,10-11H,5-7,9,12-14H2,1-2H3,(H,33,34). The number of halogens is 3. The van der Waals surface area contributed by atoms with Crippen LogP contribution in [0.25, 0.3) is 11.0 Å². The Morgan fingerprint density at radius 2 is 1.88 bits per heavy atom. The number of carboxylic acids is 1. The van der Waals surface area contributed by atoms with E-state index in [1.54, 1.807) is 11.1 Å². The molecular weight excluding hydrogens is 447 g/mol. The van der Waals surface area contributed by atoms with Crippen molar-refractivity contribution in [2.24, 2.45) is 5.41 Å². The lowest BCUT2D eigenvalue weighted by molar-refractivity contribution is -0.140. The molecule has 1 aliphatic heterocycles. The van der Waals surface area contributed by atoms with E-state index in [9.17, 15) is 22.8 Å². The van der Waals surface area contributed by atoms with Crippen LogP contribution in [0.5, 0.6) is 0 Å². The van der Waals surface area contributed by atoms with Crippen molar-refractivity contribution >= 4 is 22.9 Å². The molecule has 3 heterocycles. The van der Waals surface area contributed by atoms with Crippen LogP contribution in [0.15, 0.2) is 30.5 Å². The van der Waals surface area contributed by atoms with Gasteiger partial charge in [-0.25, -0.2) is 18.2 Å². The fourth-order valence-electron chi connectivity index (χ4n) is 4.63. The van der Waals surface area contributed by atoms with Crippen molar-refractivity contribution in [3.05, 3.63) is 64.7 Å². The van der Waals surface area contributed by atoms with Crippen molar-refractivity contribution in [3.8, 4) is 0 Å². The number of carbonyl (C=O) groups excluding carboxylic acids is 1. The monoisotopic (exact) mass is 473 g/mol. The second-order valence-corrected chi connectivity index (χ2v) is 9.56. The molecular formula is C25H26F3N3O3. The Bertz CT molecular complexity index is 1250. The van der Waals surface area contributed by atoms with Crippen LogP contribution in [0, 0.1) is 22.9 Å². The normalized spacial score (nSPS) is 13.9. The SMILES string of the molecule is CC(C)(CCC(=O)N1CCc2c(n(Cc3cc(F)c(F)c(F)c3)c3ncccc23)C1)CC(=O)O. The highest BCUT2D eigenvalue weighted by atomic mass is 19.2.